The van der Waals surface area contributed by atoms with Gasteiger partial charge in [-0.15, -0.1) is 0 Å². The largest absolute Gasteiger partial charge is 0.391 e. The Bertz CT molecular complexity index is 705. The van der Waals surface area contributed by atoms with Crippen molar-refractivity contribution in [1.82, 2.24) is 14.8 Å². The Morgan fingerprint density at radius 1 is 1.14 bits per heavy atom. The van der Waals surface area contributed by atoms with Gasteiger partial charge in [0, 0.05) is 44.5 Å². The normalized spacial score (nSPS) is 27.0. The molecule has 3 heterocycles. The topological polar surface area (TPSA) is 77.9 Å². The second kappa shape index (κ2) is 9.60. The van der Waals surface area contributed by atoms with E-state index in [1.54, 1.807) is 17.2 Å². The lowest BCUT2D eigenvalue weighted by molar-refractivity contribution is 0.00992. The smallest absolute Gasteiger partial charge is 0.255 e. The van der Waals surface area contributed by atoms with Crippen LogP contribution in [0.4, 0.5) is 5.82 Å². The van der Waals surface area contributed by atoms with Crippen LogP contribution in [0.2, 0.25) is 5.02 Å². The number of nitrogens with one attached hydrogen (secondary N) is 1. The van der Waals surface area contributed by atoms with Crippen LogP contribution in [0.5, 0.6) is 0 Å². The Kier molecular flexibility index (Phi) is 6.90. The Balaban J connectivity index is 1.31. The van der Waals surface area contributed by atoms with E-state index in [2.05, 4.69) is 15.2 Å². The van der Waals surface area contributed by atoms with E-state index in [4.69, 9.17) is 16.3 Å². The maximum atomic E-state index is 12.6. The van der Waals surface area contributed by atoms with Gasteiger partial charge in [-0.2, -0.15) is 0 Å². The zero-order valence-electron chi connectivity index (χ0n) is 16.9. The number of carbonyl (C=O) groups excluding carboxylic acids is 1. The van der Waals surface area contributed by atoms with E-state index >= 15 is 0 Å². The number of piperidine rings is 1. The quantitative estimate of drug-likeness (QED) is 0.775. The highest BCUT2D eigenvalue weighted by Crippen LogP contribution is 2.28. The lowest BCUT2D eigenvalue weighted by Crippen LogP contribution is -2.50. The zero-order valence-corrected chi connectivity index (χ0v) is 17.6. The number of morpholine rings is 1. The Labute approximate surface area is 177 Å². The lowest BCUT2D eigenvalue weighted by Gasteiger charge is -2.41. The molecule has 2 N–H and O–H groups in total. The number of amides is 1. The average molecular weight is 423 g/mol. The second-order valence-corrected chi connectivity index (χ2v) is 8.74. The molecular formula is C21H31ClN4O3. The molecule has 2 saturated heterocycles. The summed E-state index contributed by atoms with van der Waals surface area (Å²) in [5.74, 6) is 0.593. The van der Waals surface area contributed by atoms with Gasteiger partial charge in [-0.25, -0.2) is 4.98 Å². The van der Waals surface area contributed by atoms with Crippen molar-refractivity contribution in [3.8, 4) is 0 Å². The SMILES string of the molecule is O=C(c1cnc(NC2CCN(C3CCCCC3O)CC2)c(Cl)c1)N1CCOCC1. The molecule has 0 radical (unpaired) electrons. The van der Waals surface area contributed by atoms with Gasteiger partial charge in [-0.3, -0.25) is 9.69 Å². The molecule has 1 aliphatic carbocycles. The minimum atomic E-state index is -0.180. The fourth-order valence-corrected chi connectivity index (χ4v) is 4.92. The second-order valence-electron chi connectivity index (χ2n) is 8.33. The summed E-state index contributed by atoms with van der Waals surface area (Å²) in [6, 6.07) is 2.33. The molecule has 3 aliphatic rings. The number of hydrogen-bond acceptors (Lipinski definition) is 6. The highest BCUT2D eigenvalue weighted by molar-refractivity contribution is 6.33. The zero-order chi connectivity index (χ0) is 20.2. The van der Waals surface area contributed by atoms with E-state index in [1.165, 1.54) is 6.42 Å². The fourth-order valence-electron chi connectivity index (χ4n) is 4.70. The van der Waals surface area contributed by atoms with Crippen LogP contribution in [0.15, 0.2) is 12.3 Å². The van der Waals surface area contributed by atoms with E-state index in [1.807, 2.05) is 0 Å². The molecule has 2 aliphatic heterocycles. The van der Waals surface area contributed by atoms with Crippen molar-refractivity contribution < 1.29 is 14.6 Å². The monoisotopic (exact) mass is 422 g/mol. The first kappa shape index (κ1) is 20.8. The fraction of sp³-hybridized carbons (Fsp3) is 0.714. The van der Waals surface area contributed by atoms with E-state index < -0.39 is 0 Å². The number of anilines is 1. The predicted octanol–water partition coefficient (Wildman–Crippen LogP) is 2.39. The van der Waals surface area contributed by atoms with E-state index in [0.29, 0.717) is 54.8 Å². The van der Waals surface area contributed by atoms with Crippen molar-refractivity contribution in [3.05, 3.63) is 22.8 Å². The van der Waals surface area contributed by atoms with Crippen LogP contribution in [0, 0.1) is 0 Å². The standard InChI is InChI=1S/C21H31ClN4O3/c22-17-13-15(21(28)26-9-11-29-12-10-26)14-23-20(17)24-16-5-7-25(8-6-16)18-3-1-2-4-19(18)27/h13-14,16,18-19,27H,1-12H2,(H,23,24). The number of likely N-dealkylation sites (tertiary alicyclic amines) is 1. The number of pyridine rings is 1. The minimum absolute atomic E-state index is 0.0476. The number of aliphatic hydroxyl groups is 1. The van der Waals surface area contributed by atoms with Gasteiger partial charge in [-0.1, -0.05) is 24.4 Å². The number of aliphatic hydroxyl groups excluding tert-OH is 1. The number of nitrogens with zero attached hydrogens (tertiary/aromatic N) is 3. The first-order valence-corrected chi connectivity index (χ1v) is 11.2. The summed E-state index contributed by atoms with van der Waals surface area (Å²) in [7, 11) is 0. The molecule has 2 unspecified atom stereocenters. The summed E-state index contributed by atoms with van der Waals surface area (Å²) in [4.78, 5) is 21.2. The van der Waals surface area contributed by atoms with Gasteiger partial charge >= 0.3 is 0 Å². The molecule has 8 heteroatoms. The summed E-state index contributed by atoms with van der Waals surface area (Å²) in [6.45, 7) is 4.30. The van der Waals surface area contributed by atoms with Crippen LogP contribution in [0.3, 0.4) is 0 Å². The Morgan fingerprint density at radius 3 is 2.55 bits per heavy atom. The molecule has 0 spiro atoms. The molecular weight excluding hydrogens is 392 g/mol. The molecule has 1 saturated carbocycles. The number of hydrogen-bond donors (Lipinski definition) is 2. The highest BCUT2D eigenvalue weighted by Gasteiger charge is 2.31. The molecule has 4 rings (SSSR count). The third-order valence-electron chi connectivity index (χ3n) is 6.42. The van der Waals surface area contributed by atoms with Crippen molar-refractivity contribution in [2.75, 3.05) is 44.7 Å². The first-order chi connectivity index (χ1) is 14.1. The summed E-state index contributed by atoms with van der Waals surface area (Å²) in [5, 5.41) is 14.2. The number of rotatable bonds is 4. The molecule has 2 atom stereocenters. The Hall–Kier alpha value is -1.41. The van der Waals surface area contributed by atoms with Crippen LogP contribution in [0.25, 0.3) is 0 Å². The number of aromatic nitrogens is 1. The molecule has 7 nitrogen and oxygen atoms in total. The van der Waals surface area contributed by atoms with Crippen molar-refractivity contribution in [2.45, 2.75) is 56.7 Å². The summed E-state index contributed by atoms with van der Waals surface area (Å²) in [5.41, 5.74) is 0.517. The molecule has 1 amide bonds. The van der Waals surface area contributed by atoms with Crippen molar-refractivity contribution in [2.24, 2.45) is 0 Å². The van der Waals surface area contributed by atoms with Crippen LogP contribution in [0.1, 0.15) is 48.9 Å². The first-order valence-electron chi connectivity index (χ1n) is 10.8. The van der Waals surface area contributed by atoms with Gasteiger partial charge in [0.1, 0.15) is 5.82 Å². The highest BCUT2D eigenvalue weighted by atomic mass is 35.5. The molecule has 1 aromatic heterocycles. The minimum Gasteiger partial charge on any atom is -0.391 e. The van der Waals surface area contributed by atoms with Gasteiger partial charge in [-0.05, 0) is 31.7 Å². The van der Waals surface area contributed by atoms with E-state index in [-0.39, 0.29) is 12.0 Å². The molecule has 0 bridgehead atoms. The summed E-state index contributed by atoms with van der Waals surface area (Å²) in [6.07, 6.45) is 7.81. The van der Waals surface area contributed by atoms with Crippen LogP contribution in [-0.2, 0) is 4.74 Å². The van der Waals surface area contributed by atoms with Crippen LogP contribution < -0.4 is 5.32 Å². The number of carbonyl (C=O) groups is 1. The van der Waals surface area contributed by atoms with Gasteiger partial charge in [0.05, 0.1) is 29.9 Å². The average Bonchev–Trinajstić information content (AvgIpc) is 2.76. The maximum absolute atomic E-state index is 12.6. The number of ether oxygens (including phenoxy) is 1. The van der Waals surface area contributed by atoms with Gasteiger partial charge in [0.15, 0.2) is 0 Å². The van der Waals surface area contributed by atoms with Crippen LogP contribution >= 0.6 is 11.6 Å². The lowest BCUT2D eigenvalue weighted by atomic mass is 9.89. The molecule has 160 valence electrons. The molecule has 3 fully saturated rings. The van der Waals surface area contributed by atoms with Crippen LogP contribution in [-0.4, -0.2) is 83.4 Å². The Morgan fingerprint density at radius 2 is 1.86 bits per heavy atom. The molecule has 29 heavy (non-hydrogen) atoms. The van der Waals surface area contributed by atoms with Gasteiger partial charge < -0.3 is 20.1 Å². The predicted molar refractivity (Wildman–Crippen MR) is 112 cm³/mol. The van der Waals surface area contributed by atoms with E-state index in [0.717, 1.165) is 45.2 Å². The summed E-state index contributed by atoms with van der Waals surface area (Å²) >= 11 is 6.44. The van der Waals surface area contributed by atoms with Gasteiger partial charge in [0.25, 0.3) is 5.91 Å². The molecule has 0 aromatic carbocycles. The molecule has 1 aromatic rings. The maximum Gasteiger partial charge on any atom is 0.255 e. The number of halogens is 1. The van der Waals surface area contributed by atoms with Crippen molar-refractivity contribution >= 4 is 23.3 Å². The summed E-state index contributed by atoms with van der Waals surface area (Å²) < 4.78 is 5.30. The van der Waals surface area contributed by atoms with Crippen molar-refractivity contribution in [1.29, 1.82) is 0 Å². The third kappa shape index (κ3) is 5.02. The third-order valence-corrected chi connectivity index (χ3v) is 6.71. The van der Waals surface area contributed by atoms with E-state index in [9.17, 15) is 9.90 Å². The van der Waals surface area contributed by atoms with Gasteiger partial charge in [0.2, 0.25) is 0 Å². The van der Waals surface area contributed by atoms with Crippen molar-refractivity contribution in [3.63, 3.8) is 0 Å².